The van der Waals surface area contributed by atoms with Crippen LogP contribution in [-0.4, -0.2) is 34.7 Å². The first-order chi connectivity index (χ1) is 11.3. The first-order valence-electron chi connectivity index (χ1n) is 8.96. The highest BCUT2D eigenvalue weighted by molar-refractivity contribution is 5.85. The van der Waals surface area contributed by atoms with Gasteiger partial charge in [0.15, 0.2) is 0 Å². The van der Waals surface area contributed by atoms with Crippen LogP contribution in [0, 0.1) is 11.3 Å². The summed E-state index contributed by atoms with van der Waals surface area (Å²) in [6.45, 7) is 12.1. The van der Waals surface area contributed by atoms with Gasteiger partial charge in [0.25, 0.3) is 0 Å². The smallest absolute Gasteiger partial charge is 0.350 e. The van der Waals surface area contributed by atoms with Gasteiger partial charge in [-0.25, -0.2) is 4.79 Å². The Balaban J connectivity index is 2.12. The predicted octanol–water partition coefficient (Wildman–Crippen LogP) is 3.16. The first-order valence-corrected chi connectivity index (χ1v) is 8.96. The number of fused-ring (bicyclic) bond motifs is 2. The van der Waals surface area contributed by atoms with E-state index in [0.29, 0.717) is 25.7 Å². The van der Waals surface area contributed by atoms with Crippen molar-refractivity contribution in [3.05, 3.63) is 0 Å². The highest BCUT2D eigenvalue weighted by Crippen LogP contribution is 2.50. The number of carbonyl (C=O) groups is 3. The van der Waals surface area contributed by atoms with Crippen molar-refractivity contribution in [1.82, 2.24) is 0 Å². The van der Waals surface area contributed by atoms with Crippen molar-refractivity contribution in [1.29, 1.82) is 0 Å². The quantitative estimate of drug-likeness (QED) is 0.557. The molecule has 3 unspecified atom stereocenters. The molecule has 0 radical (unpaired) electrons. The minimum Gasteiger partial charge on any atom is -0.455 e. The molecular formula is C19H30O6. The monoisotopic (exact) mass is 354 g/mol. The summed E-state index contributed by atoms with van der Waals surface area (Å²) in [6, 6.07) is 0. The zero-order valence-electron chi connectivity index (χ0n) is 16.4. The maximum atomic E-state index is 12.7. The highest BCUT2D eigenvalue weighted by atomic mass is 16.6. The highest BCUT2D eigenvalue weighted by Gasteiger charge is 2.61. The molecule has 0 N–H and O–H groups in total. The van der Waals surface area contributed by atoms with Gasteiger partial charge in [-0.05, 0) is 60.8 Å². The third-order valence-electron chi connectivity index (χ3n) is 5.98. The number of carbonyl (C=O) groups excluding carboxylic acids is 3. The van der Waals surface area contributed by atoms with Crippen LogP contribution in [0.1, 0.15) is 74.1 Å². The van der Waals surface area contributed by atoms with Gasteiger partial charge in [0.2, 0.25) is 5.60 Å². The van der Waals surface area contributed by atoms with Crippen LogP contribution in [0.4, 0.5) is 0 Å². The van der Waals surface area contributed by atoms with Gasteiger partial charge in [-0.3, -0.25) is 9.59 Å². The Kier molecular flexibility index (Phi) is 4.73. The van der Waals surface area contributed by atoms with E-state index < -0.39 is 34.2 Å². The summed E-state index contributed by atoms with van der Waals surface area (Å²) in [6.07, 6.45) is 2.31. The average Bonchev–Trinajstić information content (AvgIpc) is 2.76. The van der Waals surface area contributed by atoms with Crippen LogP contribution in [0.2, 0.25) is 0 Å². The minimum absolute atomic E-state index is 0.118. The van der Waals surface area contributed by atoms with E-state index in [1.165, 1.54) is 13.8 Å². The second kappa shape index (κ2) is 5.99. The Labute approximate surface area is 149 Å². The first kappa shape index (κ1) is 19.7. The van der Waals surface area contributed by atoms with Gasteiger partial charge in [-0.15, -0.1) is 0 Å². The summed E-state index contributed by atoms with van der Waals surface area (Å²) in [5.74, 6) is -1.41. The van der Waals surface area contributed by atoms with Crippen molar-refractivity contribution in [2.24, 2.45) is 11.3 Å². The second-order valence-electron chi connectivity index (χ2n) is 8.85. The molecule has 2 aliphatic rings. The molecule has 3 atom stereocenters. The van der Waals surface area contributed by atoms with Gasteiger partial charge < -0.3 is 14.2 Å². The molecule has 2 rings (SSSR count). The molecule has 0 aromatic rings. The molecule has 0 aromatic carbocycles. The third kappa shape index (κ3) is 3.40. The van der Waals surface area contributed by atoms with Crippen molar-refractivity contribution < 1.29 is 28.6 Å². The van der Waals surface area contributed by atoms with Crippen LogP contribution < -0.4 is 0 Å². The zero-order chi connectivity index (χ0) is 19.3. The second-order valence-corrected chi connectivity index (χ2v) is 8.85. The van der Waals surface area contributed by atoms with Crippen molar-refractivity contribution in [3.63, 3.8) is 0 Å². The van der Waals surface area contributed by atoms with E-state index in [4.69, 9.17) is 14.2 Å². The van der Waals surface area contributed by atoms with Crippen LogP contribution in [0.3, 0.4) is 0 Å². The number of hydrogen-bond acceptors (Lipinski definition) is 6. The molecule has 1 saturated carbocycles. The zero-order valence-corrected chi connectivity index (χ0v) is 16.4. The summed E-state index contributed by atoms with van der Waals surface area (Å²) in [5.41, 5.74) is -3.86. The summed E-state index contributed by atoms with van der Waals surface area (Å²) >= 11 is 0. The molecular weight excluding hydrogens is 324 g/mol. The fourth-order valence-corrected chi connectivity index (χ4v) is 3.20. The van der Waals surface area contributed by atoms with E-state index >= 15 is 0 Å². The molecule has 25 heavy (non-hydrogen) atoms. The van der Waals surface area contributed by atoms with E-state index in [2.05, 4.69) is 0 Å². The summed E-state index contributed by atoms with van der Waals surface area (Å²) in [4.78, 5) is 37.0. The molecule has 1 heterocycles. The maximum absolute atomic E-state index is 12.7. The Morgan fingerprint density at radius 1 is 1.20 bits per heavy atom. The summed E-state index contributed by atoms with van der Waals surface area (Å²) in [7, 11) is 0. The van der Waals surface area contributed by atoms with E-state index in [-0.39, 0.29) is 11.9 Å². The van der Waals surface area contributed by atoms with Gasteiger partial charge >= 0.3 is 17.9 Å². The van der Waals surface area contributed by atoms with E-state index in [9.17, 15) is 14.4 Å². The summed E-state index contributed by atoms with van der Waals surface area (Å²) < 4.78 is 16.8. The Hall–Kier alpha value is -1.59. The molecule has 6 nitrogen and oxygen atoms in total. The molecule has 1 aliphatic carbocycles. The number of esters is 3. The SMILES string of the molecule is CCC(C)(C)C(=O)OC(C)(C)C(=O)OC1(C)CCC2CC1(C)OC2=O. The molecule has 0 amide bonds. The van der Waals surface area contributed by atoms with Crippen LogP contribution >= 0.6 is 0 Å². The van der Waals surface area contributed by atoms with Crippen molar-refractivity contribution in [2.45, 2.75) is 91.0 Å². The number of ether oxygens (including phenoxy) is 3. The van der Waals surface area contributed by atoms with E-state index in [0.717, 1.165) is 0 Å². The third-order valence-corrected chi connectivity index (χ3v) is 5.98. The molecule has 6 heteroatoms. The van der Waals surface area contributed by atoms with Gasteiger partial charge in [-0.2, -0.15) is 0 Å². The number of hydrogen-bond donors (Lipinski definition) is 0. The van der Waals surface area contributed by atoms with Crippen LogP contribution in [0.25, 0.3) is 0 Å². The maximum Gasteiger partial charge on any atom is 0.350 e. The lowest BCUT2D eigenvalue weighted by molar-refractivity contribution is -0.215. The molecule has 1 saturated heterocycles. The Morgan fingerprint density at radius 2 is 1.80 bits per heavy atom. The lowest BCUT2D eigenvalue weighted by Gasteiger charge is -2.45. The Bertz CT molecular complexity index is 593. The summed E-state index contributed by atoms with van der Waals surface area (Å²) in [5, 5.41) is 0. The van der Waals surface area contributed by atoms with Gasteiger partial charge in [0, 0.05) is 6.42 Å². The fraction of sp³-hybridized carbons (Fsp3) is 0.842. The lowest BCUT2D eigenvalue weighted by Crippen LogP contribution is -2.57. The minimum atomic E-state index is -1.41. The van der Waals surface area contributed by atoms with E-state index in [1.54, 1.807) is 27.7 Å². The molecule has 2 bridgehead atoms. The normalized spacial score (nSPS) is 32.1. The topological polar surface area (TPSA) is 78.9 Å². The largest absolute Gasteiger partial charge is 0.455 e. The standard InChI is InChI=1S/C19H30O6/c1-8-16(2,3)14(21)24-17(4,5)15(22)25-18(6)10-9-12-11-19(18,7)23-13(12)20/h12H,8-11H2,1-7H3. The van der Waals surface area contributed by atoms with Gasteiger partial charge in [0.05, 0.1) is 11.3 Å². The van der Waals surface area contributed by atoms with Crippen LogP contribution in [0.5, 0.6) is 0 Å². The van der Waals surface area contributed by atoms with Crippen molar-refractivity contribution in [2.75, 3.05) is 0 Å². The molecule has 0 aromatic heterocycles. The number of rotatable bonds is 5. The molecule has 142 valence electrons. The Morgan fingerprint density at radius 3 is 2.36 bits per heavy atom. The molecule has 1 aliphatic heterocycles. The van der Waals surface area contributed by atoms with Crippen LogP contribution in [-0.2, 0) is 28.6 Å². The van der Waals surface area contributed by atoms with Gasteiger partial charge in [-0.1, -0.05) is 6.92 Å². The van der Waals surface area contributed by atoms with Crippen LogP contribution in [0.15, 0.2) is 0 Å². The molecule has 2 fully saturated rings. The molecule has 0 spiro atoms. The lowest BCUT2D eigenvalue weighted by atomic mass is 9.71. The average molecular weight is 354 g/mol. The van der Waals surface area contributed by atoms with Gasteiger partial charge in [0.1, 0.15) is 11.2 Å². The predicted molar refractivity (Wildman–Crippen MR) is 90.6 cm³/mol. The fourth-order valence-electron chi connectivity index (χ4n) is 3.20. The van der Waals surface area contributed by atoms with E-state index in [1.807, 2.05) is 6.92 Å². The van der Waals surface area contributed by atoms with Crippen molar-refractivity contribution in [3.8, 4) is 0 Å². The van der Waals surface area contributed by atoms with Crippen molar-refractivity contribution >= 4 is 17.9 Å².